The van der Waals surface area contributed by atoms with Gasteiger partial charge in [-0.15, -0.1) is 0 Å². The van der Waals surface area contributed by atoms with Crippen LogP contribution in [0.5, 0.6) is 0 Å². The summed E-state index contributed by atoms with van der Waals surface area (Å²) in [6.07, 6.45) is 4.04. The number of amides is 1. The fraction of sp³-hybridized carbons (Fsp3) is 0.400. The number of esters is 1. The minimum Gasteiger partial charge on any atom is -0.465 e. The summed E-state index contributed by atoms with van der Waals surface area (Å²) < 4.78 is 7.08. The van der Waals surface area contributed by atoms with E-state index in [1.165, 1.54) is 0 Å². The first-order valence-electron chi connectivity index (χ1n) is 11.0. The molecule has 0 saturated heterocycles. The number of benzene rings is 2. The molecule has 0 aliphatic rings. The molecule has 0 aliphatic carbocycles. The molecule has 0 radical (unpaired) electrons. The number of rotatable bonds is 11. The summed E-state index contributed by atoms with van der Waals surface area (Å²) in [7, 11) is 0. The number of carbonyl (C=O) groups is 2. The van der Waals surface area contributed by atoms with E-state index >= 15 is 0 Å². The number of imidazole rings is 1. The van der Waals surface area contributed by atoms with Gasteiger partial charge in [-0.1, -0.05) is 42.8 Å². The highest BCUT2D eigenvalue weighted by Crippen LogP contribution is 2.18. The Labute approximate surface area is 183 Å². The fourth-order valence-electron chi connectivity index (χ4n) is 3.69. The number of ether oxygens (including phenoxy) is 1. The van der Waals surface area contributed by atoms with Crippen LogP contribution in [0.25, 0.3) is 11.0 Å². The van der Waals surface area contributed by atoms with E-state index in [4.69, 9.17) is 9.72 Å². The first kappa shape index (κ1) is 22.5. The molecule has 1 N–H and O–H groups in total. The average Bonchev–Trinajstić information content (AvgIpc) is 3.10. The predicted molar refractivity (Wildman–Crippen MR) is 122 cm³/mol. The second-order valence-corrected chi connectivity index (χ2v) is 7.67. The van der Waals surface area contributed by atoms with E-state index < -0.39 is 0 Å². The molecule has 2 aromatic carbocycles. The Bertz CT molecular complexity index is 1030. The zero-order valence-corrected chi connectivity index (χ0v) is 18.4. The van der Waals surface area contributed by atoms with Crippen molar-refractivity contribution in [3.05, 3.63) is 65.5 Å². The van der Waals surface area contributed by atoms with Crippen LogP contribution in [0.4, 0.5) is 0 Å². The number of hydrogen-bond donors (Lipinski definition) is 1. The van der Waals surface area contributed by atoms with Crippen molar-refractivity contribution in [2.45, 2.75) is 52.5 Å². The van der Waals surface area contributed by atoms with Crippen molar-refractivity contribution in [2.24, 2.45) is 0 Å². The number of carbonyl (C=O) groups excluding carboxylic acids is 2. The lowest BCUT2D eigenvalue weighted by Crippen LogP contribution is -2.26. The highest BCUT2D eigenvalue weighted by molar-refractivity contribution is 5.79. The first-order valence-corrected chi connectivity index (χ1v) is 11.0. The highest BCUT2D eigenvalue weighted by atomic mass is 16.5. The van der Waals surface area contributed by atoms with Crippen LogP contribution in [0.15, 0.2) is 48.5 Å². The Morgan fingerprint density at radius 3 is 2.61 bits per heavy atom. The summed E-state index contributed by atoms with van der Waals surface area (Å²) in [5, 5.41) is 3.01. The van der Waals surface area contributed by atoms with Crippen LogP contribution in [0.2, 0.25) is 0 Å². The van der Waals surface area contributed by atoms with E-state index in [0.717, 1.165) is 53.7 Å². The molecule has 31 heavy (non-hydrogen) atoms. The monoisotopic (exact) mass is 421 g/mol. The zero-order valence-electron chi connectivity index (χ0n) is 18.4. The molecule has 0 unspecified atom stereocenters. The van der Waals surface area contributed by atoms with Gasteiger partial charge in [-0.25, -0.2) is 4.98 Å². The van der Waals surface area contributed by atoms with Gasteiger partial charge < -0.3 is 14.6 Å². The maximum absolute atomic E-state index is 12.2. The lowest BCUT2D eigenvalue weighted by molar-refractivity contribution is -0.143. The maximum atomic E-state index is 12.2. The third-order valence-electron chi connectivity index (χ3n) is 5.34. The van der Waals surface area contributed by atoms with Crippen molar-refractivity contribution >= 4 is 22.9 Å². The third kappa shape index (κ3) is 6.41. The number of para-hydroxylation sites is 2. The number of fused-ring (bicyclic) bond motifs is 1. The Morgan fingerprint density at radius 2 is 1.81 bits per heavy atom. The lowest BCUT2D eigenvalue weighted by Gasteiger charge is -2.09. The Morgan fingerprint density at radius 1 is 1.03 bits per heavy atom. The number of nitrogens with zero attached hydrogens (tertiary/aromatic N) is 2. The predicted octanol–water partition coefficient (Wildman–Crippen LogP) is 3.98. The Hall–Kier alpha value is -3.15. The summed E-state index contributed by atoms with van der Waals surface area (Å²) in [5.41, 5.74) is 4.06. The van der Waals surface area contributed by atoms with Gasteiger partial charge in [0, 0.05) is 13.0 Å². The number of hydrogen-bond acceptors (Lipinski definition) is 4. The van der Waals surface area contributed by atoms with Gasteiger partial charge in [0.05, 0.1) is 24.1 Å². The van der Waals surface area contributed by atoms with Crippen molar-refractivity contribution in [2.75, 3.05) is 13.2 Å². The van der Waals surface area contributed by atoms with Gasteiger partial charge in [-0.3, -0.25) is 9.59 Å². The van der Waals surface area contributed by atoms with E-state index in [0.29, 0.717) is 19.6 Å². The molecular weight excluding hydrogens is 390 g/mol. The van der Waals surface area contributed by atoms with Crippen molar-refractivity contribution in [1.29, 1.82) is 0 Å². The highest BCUT2D eigenvalue weighted by Gasteiger charge is 2.14. The molecule has 0 saturated carbocycles. The summed E-state index contributed by atoms with van der Waals surface area (Å²) in [5.74, 6) is 0.714. The molecule has 0 atom stereocenters. The second kappa shape index (κ2) is 11.3. The van der Waals surface area contributed by atoms with Crippen LogP contribution >= 0.6 is 0 Å². The largest absolute Gasteiger partial charge is 0.465 e. The molecule has 3 rings (SSSR count). The molecular formula is C25H31N3O3. The van der Waals surface area contributed by atoms with Gasteiger partial charge in [0.15, 0.2) is 0 Å². The van der Waals surface area contributed by atoms with Gasteiger partial charge in [0.1, 0.15) is 12.4 Å². The molecule has 0 bridgehead atoms. The average molecular weight is 422 g/mol. The summed E-state index contributed by atoms with van der Waals surface area (Å²) >= 11 is 0. The second-order valence-electron chi connectivity index (χ2n) is 7.67. The molecule has 6 nitrogen and oxygen atoms in total. The molecule has 0 fully saturated rings. The van der Waals surface area contributed by atoms with Crippen molar-refractivity contribution < 1.29 is 14.3 Å². The molecule has 3 aromatic rings. The van der Waals surface area contributed by atoms with Crippen LogP contribution in [0.3, 0.4) is 0 Å². The number of nitrogens with one attached hydrogen (secondary N) is 1. The molecule has 164 valence electrons. The minimum absolute atomic E-state index is 0.0607. The van der Waals surface area contributed by atoms with Crippen LogP contribution in [-0.4, -0.2) is 34.6 Å². The molecule has 1 aromatic heterocycles. The van der Waals surface area contributed by atoms with Gasteiger partial charge in [0.2, 0.25) is 5.91 Å². The van der Waals surface area contributed by atoms with Gasteiger partial charge in [-0.05, 0) is 49.9 Å². The van der Waals surface area contributed by atoms with Crippen molar-refractivity contribution in [3.8, 4) is 0 Å². The minimum atomic E-state index is -0.247. The Balaban J connectivity index is 1.45. The van der Waals surface area contributed by atoms with Crippen LogP contribution in [0.1, 0.15) is 43.1 Å². The summed E-state index contributed by atoms with van der Waals surface area (Å²) in [4.78, 5) is 28.9. The topological polar surface area (TPSA) is 73.2 Å². The zero-order chi connectivity index (χ0) is 22.1. The van der Waals surface area contributed by atoms with Crippen LogP contribution in [0, 0.1) is 6.92 Å². The molecule has 6 heteroatoms. The van der Waals surface area contributed by atoms with E-state index in [1.54, 1.807) is 0 Å². The van der Waals surface area contributed by atoms with Gasteiger partial charge >= 0.3 is 5.97 Å². The fourth-order valence-corrected chi connectivity index (χ4v) is 3.69. The van der Waals surface area contributed by atoms with Gasteiger partial charge in [0.25, 0.3) is 0 Å². The maximum Gasteiger partial charge on any atom is 0.326 e. The van der Waals surface area contributed by atoms with E-state index in [9.17, 15) is 9.59 Å². The standard InChI is InChI=1S/C25H31N3O3/c1-3-31-25(30)18-28-22-14-9-8-13-21(22)27-23(28)15-5-4-10-16-26-24(29)17-20-12-7-6-11-19(20)2/h6-9,11-14H,3-5,10,15-18H2,1-2H3,(H,26,29). The van der Waals surface area contributed by atoms with Crippen molar-refractivity contribution in [3.63, 3.8) is 0 Å². The van der Waals surface area contributed by atoms with Crippen LogP contribution < -0.4 is 5.32 Å². The number of aromatic nitrogens is 2. The quantitative estimate of drug-likeness (QED) is 0.375. The first-order chi connectivity index (χ1) is 15.1. The molecule has 1 amide bonds. The van der Waals surface area contributed by atoms with E-state index in [1.807, 2.05) is 66.9 Å². The summed E-state index contributed by atoms with van der Waals surface area (Å²) in [6, 6.07) is 15.8. The van der Waals surface area contributed by atoms with E-state index in [-0.39, 0.29) is 18.4 Å². The molecule has 1 heterocycles. The number of unbranched alkanes of at least 4 members (excludes halogenated alkanes) is 2. The van der Waals surface area contributed by atoms with E-state index in [2.05, 4.69) is 5.32 Å². The Kier molecular flexibility index (Phi) is 8.21. The van der Waals surface area contributed by atoms with Crippen LogP contribution in [-0.2, 0) is 33.7 Å². The van der Waals surface area contributed by atoms with Gasteiger partial charge in [-0.2, -0.15) is 0 Å². The molecule has 0 spiro atoms. The summed E-state index contributed by atoms with van der Waals surface area (Å²) in [6.45, 7) is 5.06. The molecule has 0 aliphatic heterocycles. The SMILES string of the molecule is CCOC(=O)Cn1c(CCCCCNC(=O)Cc2ccccc2C)nc2ccccc21. The smallest absolute Gasteiger partial charge is 0.326 e. The van der Waals surface area contributed by atoms with Crippen molar-refractivity contribution in [1.82, 2.24) is 14.9 Å². The third-order valence-corrected chi connectivity index (χ3v) is 5.34. The normalized spacial score (nSPS) is 10.9. The lowest BCUT2D eigenvalue weighted by atomic mass is 10.1. The number of aryl methyl sites for hydroxylation is 2.